The molecule has 168 valence electrons. The van der Waals surface area contributed by atoms with Crippen molar-refractivity contribution in [3.63, 3.8) is 0 Å². The van der Waals surface area contributed by atoms with Crippen molar-refractivity contribution in [2.75, 3.05) is 6.61 Å². The SMILES string of the molecule is CC[C@@H](C)NC(=O)[C@@H](C)N(Cc1ccc(Cl)c(Cl)c1)C(=O)COc1ccc(C)c(C)c1. The number of ether oxygens (including phenoxy) is 1. The van der Waals surface area contributed by atoms with Gasteiger partial charge in [-0.2, -0.15) is 0 Å². The molecular weight excluding hydrogens is 435 g/mol. The highest BCUT2D eigenvalue weighted by Gasteiger charge is 2.27. The summed E-state index contributed by atoms with van der Waals surface area (Å²) in [6, 6.07) is 10.2. The van der Waals surface area contributed by atoms with Crippen molar-refractivity contribution in [2.45, 2.75) is 59.7 Å². The van der Waals surface area contributed by atoms with Crippen molar-refractivity contribution in [3.8, 4) is 5.75 Å². The lowest BCUT2D eigenvalue weighted by molar-refractivity contribution is -0.142. The Morgan fingerprint density at radius 1 is 1.03 bits per heavy atom. The van der Waals surface area contributed by atoms with E-state index in [2.05, 4.69) is 5.32 Å². The molecule has 2 amide bonds. The topological polar surface area (TPSA) is 58.6 Å². The summed E-state index contributed by atoms with van der Waals surface area (Å²) in [5.41, 5.74) is 3.01. The second-order valence-corrected chi connectivity index (χ2v) is 8.61. The van der Waals surface area contributed by atoms with Crippen molar-refractivity contribution in [2.24, 2.45) is 0 Å². The Kier molecular flexibility index (Phi) is 9.20. The lowest BCUT2D eigenvalue weighted by atomic mass is 10.1. The monoisotopic (exact) mass is 464 g/mol. The number of carbonyl (C=O) groups is 2. The fraction of sp³-hybridized carbons (Fsp3) is 0.417. The van der Waals surface area contributed by atoms with Gasteiger partial charge in [0.05, 0.1) is 10.0 Å². The van der Waals surface area contributed by atoms with Gasteiger partial charge in [-0.3, -0.25) is 9.59 Å². The lowest BCUT2D eigenvalue weighted by Gasteiger charge is -2.29. The van der Waals surface area contributed by atoms with E-state index in [0.29, 0.717) is 15.8 Å². The van der Waals surface area contributed by atoms with E-state index in [4.69, 9.17) is 27.9 Å². The van der Waals surface area contributed by atoms with Crippen LogP contribution in [0.1, 0.15) is 43.9 Å². The van der Waals surface area contributed by atoms with Gasteiger partial charge in [0.25, 0.3) is 5.91 Å². The van der Waals surface area contributed by atoms with Crippen molar-refractivity contribution in [3.05, 3.63) is 63.1 Å². The van der Waals surface area contributed by atoms with Crippen molar-refractivity contribution < 1.29 is 14.3 Å². The average Bonchev–Trinajstić information content (AvgIpc) is 2.74. The van der Waals surface area contributed by atoms with E-state index in [1.807, 2.05) is 45.9 Å². The minimum Gasteiger partial charge on any atom is -0.484 e. The second-order valence-electron chi connectivity index (χ2n) is 7.80. The Balaban J connectivity index is 2.19. The first-order valence-electron chi connectivity index (χ1n) is 10.4. The largest absolute Gasteiger partial charge is 0.484 e. The van der Waals surface area contributed by atoms with Crippen LogP contribution in [0.3, 0.4) is 0 Å². The maximum absolute atomic E-state index is 13.1. The van der Waals surface area contributed by atoms with Gasteiger partial charge in [-0.1, -0.05) is 42.3 Å². The van der Waals surface area contributed by atoms with Crippen molar-refractivity contribution in [1.82, 2.24) is 10.2 Å². The molecule has 0 heterocycles. The molecule has 2 aromatic carbocycles. The Morgan fingerprint density at radius 2 is 1.74 bits per heavy atom. The van der Waals surface area contributed by atoms with E-state index >= 15 is 0 Å². The summed E-state index contributed by atoms with van der Waals surface area (Å²) in [5, 5.41) is 3.77. The Morgan fingerprint density at radius 3 is 2.35 bits per heavy atom. The van der Waals surface area contributed by atoms with Crippen LogP contribution in [0.15, 0.2) is 36.4 Å². The Labute approximate surface area is 194 Å². The third-order valence-electron chi connectivity index (χ3n) is 5.35. The van der Waals surface area contributed by atoms with Gasteiger partial charge in [-0.25, -0.2) is 0 Å². The van der Waals surface area contributed by atoms with Gasteiger partial charge in [-0.05, 0) is 75.1 Å². The number of benzene rings is 2. The number of aryl methyl sites for hydroxylation is 2. The van der Waals surface area contributed by atoms with Gasteiger partial charge in [0.1, 0.15) is 11.8 Å². The summed E-state index contributed by atoms with van der Waals surface area (Å²) in [6.45, 7) is 9.67. The summed E-state index contributed by atoms with van der Waals surface area (Å²) in [6.07, 6.45) is 0.801. The summed E-state index contributed by atoms with van der Waals surface area (Å²) in [7, 11) is 0. The van der Waals surface area contributed by atoms with Crippen LogP contribution >= 0.6 is 23.2 Å². The first kappa shape index (κ1) is 25.0. The van der Waals surface area contributed by atoms with Gasteiger partial charge in [0.2, 0.25) is 5.91 Å². The molecule has 0 saturated heterocycles. The van der Waals surface area contributed by atoms with Crippen molar-refractivity contribution >= 4 is 35.0 Å². The molecule has 0 radical (unpaired) electrons. The van der Waals surface area contributed by atoms with Crippen LogP contribution in [0, 0.1) is 13.8 Å². The number of rotatable bonds is 9. The molecule has 2 aromatic rings. The van der Waals surface area contributed by atoms with Gasteiger partial charge in [0.15, 0.2) is 6.61 Å². The molecule has 0 fully saturated rings. The number of amides is 2. The molecular formula is C24H30Cl2N2O3. The van der Waals surface area contributed by atoms with Crippen LogP contribution in [0.2, 0.25) is 10.0 Å². The number of hydrogen-bond acceptors (Lipinski definition) is 3. The molecule has 0 aromatic heterocycles. The molecule has 0 bridgehead atoms. The lowest BCUT2D eigenvalue weighted by Crippen LogP contribution is -2.50. The maximum Gasteiger partial charge on any atom is 0.261 e. The smallest absolute Gasteiger partial charge is 0.261 e. The third-order valence-corrected chi connectivity index (χ3v) is 6.08. The van der Waals surface area contributed by atoms with Gasteiger partial charge >= 0.3 is 0 Å². The molecule has 2 atom stereocenters. The van der Waals surface area contributed by atoms with E-state index in [1.54, 1.807) is 25.1 Å². The zero-order valence-corrected chi connectivity index (χ0v) is 20.2. The number of nitrogens with zero attached hydrogens (tertiary/aromatic N) is 1. The second kappa shape index (κ2) is 11.4. The number of nitrogens with one attached hydrogen (secondary N) is 1. The summed E-state index contributed by atoms with van der Waals surface area (Å²) in [4.78, 5) is 27.3. The number of hydrogen-bond donors (Lipinski definition) is 1. The van der Waals surface area contributed by atoms with Crippen LogP contribution in [0.5, 0.6) is 5.75 Å². The first-order chi connectivity index (χ1) is 14.6. The molecule has 0 spiro atoms. The molecule has 0 aliphatic carbocycles. The van der Waals surface area contributed by atoms with E-state index in [0.717, 1.165) is 23.1 Å². The van der Waals surface area contributed by atoms with Crippen molar-refractivity contribution in [1.29, 1.82) is 0 Å². The fourth-order valence-corrected chi connectivity index (χ4v) is 3.24. The normalized spacial score (nSPS) is 12.7. The molecule has 5 nitrogen and oxygen atoms in total. The fourth-order valence-electron chi connectivity index (χ4n) is 2.91. The van der Waals surface area contributed by atoms with Crippen LogP contribution in [-0.2, 0) is 16.1 Å². The third kappa shape index (κ3) is 7.15. The molecule has 7 heteroatoms. The number of halogens is 2. The van der Waals surface area contributed by atoms with Crippen LogP contribution < -0.4 is 10.1 Å². The zero-order chi connectivity index (χ0) is 23.1. The predicted octanol–water partition coefficient (Wildman–Crippen LogP) is 5.32. The predicted molar refractivity (Wildman–Crippen MR) is 126 cm³/mol. The highest BCUT2D eigenvalue weighted by Crippen LogP contribution is 2.24. The molecule has 0 aliphatic rings. The van der Waals surface area contributed by atoms with Gasteiger partial charge in [-0.15, -0.1) is 0 Å². The molecule has 0 saturated carbocycles. The zero-order valence-electron chi connectivity index (χ0n) is 18.7. The van der Waals surface area contributed by atoms with E-state index in [-0.39, 0.29) is 31.0 Å². The summed E-state index contributed by atoms with van der Waals surface area (Å²) in [5.74, 6) is 0.104. The number of carbonyl (C=O) groups excluding carboxylic acids is 2. The van der Waals surface area contributed by atoms with Gasteiger partial charge < -0.3 is 15.0 Å². The van der Waals surface area contributed by atoms with E-state index in [9.17, 15) is 9.59 Å². The molecule has 31 heavy (non-hydrogen) atoms. The first-order valence-corrected chi connectivity index (χ1v) is 11.1. The minimum atomic E-state index is -0.681. The molecule has 0 aliphatic heterocycles. The maximum atomic E-state index is 13.1. The molecule has 1 N–H and O–H groups in total. The minimum absolute atomic E-state index is 0.0173. The standard InChI is InChI=1S/C24H30Cl2N2O3/c1-6-17(4)27-24(30)18(5)28(13-19-8-10-21(25)22(26)12-19)23(29)14-31-20-9-7-15(2)16(3)11-20/h7-12,17-18H,6,13-14H2,1-5H3,(H,27,30)/t17-,18-/m1/s1. The quantitative estimate of drug-likeness (QED) is 0.545. The van der Waals surface area contributed by atoms with Crippen LogP contribution in [-0.4, -0.2) is 35.4 Å². The highest BCUT2D eigenvalue weighted by atomic mass is 35.5. The average molecular weight is 465 g/mol. The summed E-state index contributed by atoms with van der Waals surface area (Å²) >= 11 is 12.1. The van der Waals surface area contributed by atoms with E-state index in [1.165, 1.54) is 4.90 Å². The van der Waals surface area contributed by atoms with E-state index < -0.39 is 6.04 Å². The molecule has 0 unspecified atom stereocenters. The molecule has 2 rings (SSSR count). The Hall–Kier alpha value is -2.24. The van der Waals surface area contributed by atoms with Crippen LogP contribution in [0.25, 0.3) is 0 Å². The highest BCUT2D eigenvalue weighted by molar-refractivity contribution is 6.42. The van der Waals surface area contributed by atoms with Gasteiger partial charge in [0, 0.05) is 12.6 Å². The summed E-state index contributed by atoms with van der Waals surface area (Å²) < 4.78 is 5.73. The Bertz CT molecular complexity index is 933. The van der Waals surface area contributed by atoms with Crippen LogP contribution in [0.4, 0.5) is 0 Å².